The smallest absolute Gasteiger partial charge is 0.195 e. The van der Waals surface area contributed by atoms with Crippen molar-refractivity contribution in [3.05, 3.63) is 0 Å². The summed E-state index contributed by atoms with van der Waals surface area (Å²) in [5.74, 6) is 0.763. The van der Waals surface area contributed by atoms with E-state index in [0.29, 0.717) is 11.9 Å². The van der Waals surface area contributed by atoms with Gasteiger partial charge in [-0.15, -0.1) is 0 Å². The van der Waals surface area contributed by atoms with E-state index < -0.39 is 0 Å². The Balaban J connectivity index is 3.56. The molecule has 0 saturated heterocycles. The molecule has 0 spiro atoms. The zero-order valence-corrected chi connectivity index (χ0v) is 16.9. The van der Waals surface area contributed by atoms with Crippen molar-refractivity contribution in [1.82, 2.24) is 5.32 Å². The number of nitrogens with one attached hydrogen (secondary N) is 1. The third kappa shape index (κ3) is 18.9. The van der Waals surface area contributed by atoms with Crippen molar-refractivity contribution in [3.8, 4) is 0 Å². The third-order valence-corrected chi connectivity index (χ3v) is 4.34. The van der Waals surface area contributed by atoms with Crippen LogP contribution in [0.1, 0.15) is 104 Å². The van der Waals surface area contributed by atoms with Gasteiger partial charge in [0.05, 0.1) is 0 Å². The maximum Gasteiger partial charge on any atom is 0.195 e. The Labute approximate surface area is 156 Å². The van der Waals surface area contributed by atoms with E-state index in [9.17, 15) is 0 Å². The molecule has 0 unspecified atom stereocenters. The van der Waals surface area contributed by atoms with Crippen LogP contribution >= 0.6 is 0 Å². The van der Waals surface area contributed by atoms with Crippen LogP contribution < -0.4 is 16.8 Å². The number of aliphatic imine (C=N–C) groups is 2. The number of nitrogens with two attached hydrogens (primary N) is 2. The van der Waals surface area contributed by atoms with Crippen LogP contribution in [0, 0.1) is 0 Å². The van der Waals surface area contributed by atoms with Crippen LogP contribution in [0.2, 0.25) is 0 Å². The van der Waals surface area contributed by atoms with Crippen LogP contribution in [-0.4, -0.2) is 25.0 Å². The van der Waals surface area contributed by atoms with Crippen molar-refractivity contribution in [3.63, 3.8) is 0 Å². The van der Waals surface area contributed by atoms with Gasteiger partial charge >= 0.3 is 0 Å². The van der Waals surface area contributed by atoms with Gasteiger partial charge in [-0.25, -0.2) is 0 Å². The SMILES string of the molecule is CCCCCCCCCN=C(N)NC(N)=NCCCCCCCCC. The molecule has 0 fully saturated rings. The lowest BCUT2D eigenvalue weighted by Gasteiger charge is -2.05. The quantitative estimate of drug-likeness (QED) is 0.213. The fourth-order valence-electron chi connectivity index (χ4n) is 2.75. The minimum absolute atomic E-state index is 0.381. The minimum atomic E-state index is 0.381. The number of hydrogen-bond acceptors (Lipinski definition) is 2. The van der Waals surface area contributed by atoms with Gasteiger partial charge in [-0.3, -0.25) is 15.3 Å². The van der Waals surface area contributed by atoms with E-state index in [1.54, 1.807) is 0 Å². The molecule has 5 N–H and O–H groups in total. The molecule has 0 aromatic rings. The fraction of sp³-hybridized carbons (Fsp3) is 0.900. The first kappa shape index (κ1) is 23.7. The monoisotopic (exact) mass is 353 g/mol. The molecule has 0 aliphatic heterocycles. The lowest BCUT2D eigenvalue weighted by molar-refractivity contribution is 0.592. The summed E-state index contributed by atoms with van der Waals surface area (Å²) >= 11 is 0. The fourth-order valence-corrected chi connectivity index (χ4v) is 2.75. The van der Waals surface area contributed by atoms with Gasteiger partial charge in [0.25, 0.3) is 0 Å². The summed E-state index contributed by atoms with van der Waals surface area (Å²) < 4.78 is 0. The lowest BCUT2D eigenvalue weighted by Crippen LogP contribution is -2.41. The Morgan fingerprint density at radius 1 is 0.560 bits per heavy atom. The molecule has 0 rings (SSSR count). The number of hydrogen-bond donors (Lipinski definition) is 3. The van der Waals surface area contributed by atoms with Gasteiger partial charge in [-0.1, -0.05) is 90.9 Å². The van der Waals surface area contributed by atoms with Crippen molar-refractivity contribution >= 4 is 11.9 Å². The number of guanidine groups is 2. The van der Waals surface area contributed by atoms with E-state index in [1.807, 2.05) is 0 Å². The van der Waals surface area contributed by atoms with Crippen LogP contribution in [0.15, 0.2) is 9.98 Å². The largest absolute Gasteiger partial charge is 0.370 e. The van der Waals surface area contributed by atoms with Crippen LogP contribution in [0.3, 0.4) is 0 Å². The van der Waals surface area contributed by atoms with Gasteiger partial charge in [0.1, 0.15) is 0 Å². The highest BCUT2D eigenvalue weighted by atomic mass is 15.2. The summed E-state index contributed by atoms with van der Waals surface area (Å²) in [6.07, 6.45) is 17.9. The number of unbranched alkanes of at least 4 members (excludes halogenated alkanes) is 12. The molecule has 5 nitrogen and oxygen atoms in total. The molecule has 0 amide bonds. The minimum Gasteiger partial charge on any atom is -0.370 e. The third-order valence-electron chi connectivity index (χ3n) is 4.34. The first-order chi connectivity index (χ1) is 12.2. The van der Waals surface area contributed by atoms with Gasteiger partial charge < -0.3 is 11.5 Å². The average molecular weight is 354 g/mol. The van der Waals surface area contributed by atoms with Crippen molar-refractivity contribution in [2.45, 2.75) is 104 Å². The molecule has 0 atom stereocenters. The molecule has 0 heterocycles. The molecule has 0 aliphatic carbocycles. The number of nitrogens with zero attached hydrogens (tertiary/aromatic N) is 2. The standard InChI is InChI=1S/C20H43N5/c1-3-5-7-9-11-13-15-17-23-19(21)25-20(22)24-18-16-14-12-10-8-6-4-2/h3-18H2,1-2H3,(H5,21,22,23,24,25). The van der Waals surface area contributed by atoms with Crippen molar-refractivity contribution < 1.29 is 0 Å². The zero-order chi connectivity index (χ0) is 18.6. The molecular weight excluding hydrogens is 310 g/mol. The van der Waals surface area contributed by atoms with Crippen LogP contribution in [0.5, 0.6) is 0 Å². The van der Waals surface area contributed by atoms with Gasteiger partial charge in [-0.05, 0) is 12.8 Å². The Morgan fingerprint density at radius 2 is 0.880 bits per heavy atom. The van der Waals surface area contributed by atoms with Gasteiger partial charge in [0, 0.05) is 13.1 Å². The molecule has 0 bridgehead atoms. The van der Waals surface area contributed by atoms with Crippen molar-refractivity contribution in [2.75, 3.05) is 13.1 Å². The molecule has 25 heavy (non-hydrogen) atoms. The molecule has 0 radical (unpaired) electrons. The Bertz CT molecular complexity index is 307. The van der Waals surface area contributed by atoms with Gasteiger partial charge in [0.2, 0.25) is 0 Å². The Morgan fingerprint density at radius 3 is 1.24 bits per heavy atom. The number of rotatable bonds is 16. The highest BCUT2D eigenvalue weighted by Crippen LogP contribution is 2.07. The van der Waals surface area contributed by atoms with Crippen LogP contribution in [0.25, 0.3) is 0 Å². The summed E-state index contributed by atoms with van der Waals surface area (Å²) in [7, 11) is 0. The molecule has 148 valence electrons. The predicted octanol–water partition coefficient (Wildman–Crippen LogP) is 4.71. The van der Waals surface area contributed by atoms with Crippen LogP contribution in [0.4, 0.5) is 0 Å². The van der Waals surface area contributed by atoms with E-state index in [4.69, 9.17) is 11.5 Å². The van der Waals surface area contributed by atoms with Gasteiger partial charge in [0.15, 0.2) is 11.9 Å². The summed E-state index contributed by atoms with van der Waals surface area (Å²) in [6.45, 7) is 6.01. The van der Waals surface area contributed by atoms with Crippen LogP contribution in [-0.2, 0) is 0 Å². The average Bonchev–Trinajstić information content (AvgIpc) is 2.59. The van der Waals surface area contributed by atoms with Gasteiger partial charge in [-0.2, -0.15) is 0 Å². The molecule has 5 heteroatoms. The molecule has 0 aromatic carbocycles. The lowest BCUT2D eigenvalue weighted by atomic mass is 10.1. The maximum absolute atomic E-state index is 5.83. The second-order valence-corrected chi connectivity index (χ2v) is 6.90. The molecule has 0 aromatic heterocycles. The van der Waals surface area contributed by atoms with E-state index >= 15 is 0 Å². The summed E-state index contributed by atoms with van der Waals surface area (Å²) in [6, 6.07) is 0. The summed E-state index contributed by atoms with van der Waals surface area (Å²) in [5.41, 5.74) is 11.7. The summed E-state index contributed by atoms with van der Waals surface area (Å²) in [5, 5.41) is 2.87. The highest BCUT2D eigenvalue weighted by molar-refractivity contribution is 5.96. The first-order valence-electron chi connectivity index (χ1n) is 10.6. The predicted molar refractivity (Wildman–Crippen MR) is 112 cm³/mol. The molecular formula is C20H43N5. The van der Waals surface area contributed by atoms with E-state index in [-0.39, 0.29) is 0 Å². The molecule has 0 aliphatic rings. The zero-order valence-electron chi connectivity index (χ0n) is 16.9. The first-order valence-corrected chi connectivity index (χ1v) is 10.6. The normalized spacial score (nSPS) is 12.6. The topological polar surface area (TPSA) is 88.8 Å². The maximum atomic E-state index is 5.83. The Hall–Kier alpha value is -1.26. The highest BCUT2D eigenvalue weighted by Gasteiger charge is 1.96. The van der Waals surface area contributed by atoms with E-state index in [1.165, 1.54) is 77.0 Å². The summed E-state index contributed by atoms with van der Waals surface area (Å²) in [4.78, 5) is 8.61. The van der Waals surface area contributed by atoms with E-state index in [0.717, 1.165) is 25.9 Å². The molecule has 0 saturated carbocycles. The van der Waals surface area contributed by atoms with Crippen molar-refractivity contribution in [2.24, 2.45) is 21.5 Å². The second kappa shape index (κ2) is 19.1. The van der Waals surface area contributed by atoms with E-state index in [2.05, 4.69) is 29.1 Å². The Kier molecular flexibility index (Phi) is 18.1. The second-order valence-electron chi connectivity index (χ2n) is 6.90. The van der Waals surface area contributed by atoms with Crippen molar-refractivity contribution in [1.29, 1.82) is 0 Å².